The fourth-order valence-corrected chi connectivity index (χ4v) is 6.19. The van der Waals surface area contributed by atoms with E-state index in [1.54, 1.807) is 6.07 Å². The normalized spacial score (nSPS) is 18.7. The third kappa shape index (κ3) is 4.69. The van der Waals surface area contributed by atoms with E-state index in [0.717, 1.165) is 43.3 Å². The van der Waals surface area contributed by atoms with E-state index < -0.39 is 10.9 Å². The summed E-state index contributed by atoms with van der Waals surface area (Å²) in [4.78, 5) is 33.5. The molecular weight excluding hydrogens is 484 g/mol. The Kier molecular flexibility index (Phi) is 7.25. The number of nitrogens with two attached hydrogens (primary N) is 1. The molecule has 0 bridgehead atoms. The first-order valence-corrected chi connectivity index (χ1v) is 13.4. The molecule has 1 aliphatic heterocycles. The second-order valence-electron chi connectivity index (χ2n) is 10.6. The summed E-state index contributed by atoms with van der Waals surface area (Å²) in [6.07, 6.45) is 10.0. The van der Waals surface area contributed by atoms with Crippen LogP contribution in [0.3, 0.4) is 0 Å². The number of nitro benzene ring substituents is 1. The van der Waals surface area contributed by atoms with Crippen LogP contribution in [0.25, 0.3) is 22.2 Å². The predicted octanol–water partition coefficient (Wildman–Crippen LogP) is 5.02. The third-order valence-electron chi connectivity index (χ3n) is 8.31. The standard InChI is InChI=1S/C28H36N6O4/c1-31-13-7-10-20(31)16-32(2)24-15-21(27(34(36)37)26(29)25(24)28(35)38-3)18-11-12-23-22(14-18)30-17-33(23)19-8-5-4-6-9-19/h11-12,14-15,17,19-20H,4-10,13,16,29H2,1-3H3. The Hall–Kier alpha value is -3.66. The van der Waals surface area contributed by atoms with Gasteiger partial charge in [0.1, 0.15) is 11.3 Å². The van der Waals surface area contributed by atoms with Crippen LogP contribution in [0.5, 0.6) is 0 Å². The number of carbonyl (C=O) groups is 1. The second kappa shape index (κ2) is 10.6. The number of benzene rings is 2. The number of carbonyl (C=O) groups excluding carboxylic acids is 1. The van der Waals surface area contributed by atoms with Gasteiger partial charge in [-0.1, -0.05) is 25.3 Å². The summed E-state index contributed by atoms with van der Waals surface area (Å²) in [6.45, 7) is 1.67. The van der Waals surface area contributed by atoms with Crippen LogP contribution in [-0.2, 0) is 4.74 Å². The molecule has 2 N–H and O–H groups in total. The van der Waals surface area contributed by atoms with Crippen molar-refractivity contribution in [2.24, 2.45) is 0 Å². The first kappa shape index (κ1) is 26.0. The number of anilines is 2. The van der Waals surface area contributed by atoms with Crippen LogP contribution in [0.1, 0.15) is 61.3 Å². The Labute approximate surface area is 222 Å². The van der Waals surface area contributed by atoms with Crippen LogP contribution in [-0.4, -0.2) is 65.7 Å². The van der Waals surface area contributed by atoms with Crippen LogP contribution >= 0.6 is 0 Å². The van der Waals surface area contributed by atoms with Crippen LogP contribution < -0.4 is 10.6 Å². The van der Waals surface area contributed by atoms with E-state index >= 15 is 0 Å². The number of nitro groups is 1. The van der Waals surface area contributed by atoms with Gasteiger partial charge < -0.3 is 24.8 Å². The van der Waals surface area contributed by atoms with Gasteiger partial charge in [0.2, 0.25) is 0 Å². The number of methoxy groups -OCH3 is 1. The summed E-state index contributed by atoms with van der Waals surface area (Å²) >= 11 is 0. The average Bonchev–Trinajstić information content (AvgIpc) is 3.53. The second-order valence-corrected chi connectivity index (χ2v) is 10.6. The van der Waals surface area contributed by atoms with Crippen molar-refractivity contribution >= 4 is 34.1 Å². The summed E-state index contributed by atoms with van der Waals surface area (Å²) in [6, 6.07) is 8.19. The molecule has 2 aromatic carbocycles. The van der Waals surface area contributed by atoms with Gasteiger partial charge in [0, 0.05) is 25.7 Å². The lowest BCUT2D eigenvalue weighted by atomic mass is 9.95. The molecule has 1 atom stereocenters. The van der Waals surface area contributed by atoms with Crippen molar-refractivity contribution in [2.75, 3.05) is 44.9 Å². The molecule has 38 heavy (non-hydrogen) atoms. The summed E-state index contributed by atoms with van der Waals surface area (Å²) < 4.78 is 7.24. The molecule has 1 aromatic heterocycles. The van der Waals surface area contributed by atoms with Gasteiger partial charge in [-0.3, -0.25) is 10.1 Å². The number of imidazole rings is 1. The van der Waals surface area contributed by atoms with Gasteiger partial charge in [-0.2, -0.15) is 0 Å². The molecule has 0 spiro atoms. The number of nitrogens with zero attached hydrogens (tertiary/aromatic N) is 5. The molecule has 1 unspecified atom stereocenters. The topological polar surface area (TPSA) is 120 Å². The molecule has 10 nitrogen and oxygen atoms in total. The van der Waals surface area contributed by atoms with E-state index in [2.05, 4.69) is 21.5 Å². The molecule has 3 aromatic rings. The number of aromatic nitrogens is 2. The molecule has 5 rings (SSSR count). The highest BCUT2D eigenvalue weighted by molar-refractivity contribution is 6.06. The van der Waals surface area contributed by atoms with Gasteiger partial charge in [0.25, 0.3) is 0 Å². The van der Waals surface area contributed by atoms with Crippen molar-refractivity contribution in [3.63, 3.8) is 0 Å². The molecular formula is C28H36N6O4. The van der Waals surface area contributed by atoms with Crippen molar-refractivity contribution in [3.8, 4) is 11.1 Å². The maximum Gasteiger partial charge on any atom is 0.342 e. The molecule has 1 saturated heterocycles. The Balaban J connectivity index is 1.62. The molecule has 0 amide bonds. The molecule has 1 saturated carbocycles. The van der Waals surface area contributed by atoms with E-state index in [4.69, 9.17) is 10.5 Å². The first-order valence-electron chi connectivity index (χ1n) is 13.4. The van der Waals surface area contributed by atoms with E-state index in [9.17, 15) is 14.9 Å². The van der Waals surface area contributed by atoms with E-state index in [1.165, 1.54) is 26.4 Å². The highest BCUT2D eigenvalue weighted by Crippen LogP contribution is 2.43. The molecule has 2 aliphatic rings. The minimum atomic E-state index is -0.694. The van der Waals surface area contributed by atoms with Crippen molar-refractivity contribution in [1.82, 2.24) is 14.5 Å². The summed E-state index contributed by atoms with van der Waals surface area (Å²) in [7, 11) is 5.23. The number of likely N-dealkylation sites (N-methyl/N-ethyl adjacent to an activating group) is 2. The van der Waals surface area contributed by atoms with Gasteiger partial charge >= 0.3 is 11.7 Å². The smallest absolute Gasteiger partial charge is 0.342 e. The Morgan fingerprint density at radius 3 is 2.63 bits per heavy atom. The molecule has 0 radical (unpaired) electrons. The third-order valence-corrected chi connectivity index (χ3v) is 8.31. The van der Waals surface area contributed by atoms with Gasteiger partial charge in [-0.15, -0.1) is 0 Å². The molecule has 10 heteroatoms. The number of hydrogen-bond donors (Lipinski definition) is 1. The SMILES string of the molecule is COC(=O)c1c(N(C)CC2CCCN2C)cc(-c2ccc3c(c2)ncn3C2CCCCC2)c([N+](=O)[O-])c1N. The van der Waals surface area contributed by atoms with Crippen molar-refractivity contribution in [3.05, 3.63) is 46.3 Å². The Morgan fingerprint density at radius 1 is 1.21 bits per heavy atom. The van der Waals surface area contributed by atoms with Gasteiger partial charge in [0.15, 0.2) is 0 Å². The summed E-state index contributed by atoms with van der Waals surface area (Å²) in [5.74, 6) is -0.694. The van der Waals surface area contributed by atoms with Crippen LogP contribution in [0.15, 0.2) is 30.6 Å². The van der Waals surface area contributed by atoms with Gasteiger partial charge in [0.05, 0.1) is 40.6 Å². The van der Waals surface area contributed by atoms with Crippen molar-refractivity contribution < 1.29 is 14.5 Å². The Morgan fingerprint density at radius 2 is 1.97 bits per heavy atom. The fourth-order valence-electron chi connectivity index (χ4n) is 6.19. The summed E-state index contributed by atoms with van der Waals surface area (Å²) in [5.41, 5.74) is 9.23. The number of esters is 1. The van der Waals surface area contributed by atoms with E-state index in [0.29, 0.717) is 35.4 Å². The maximum absolute atomic E-state index is 12.8. The van der Waals surface area contributed by atoms with Crippen molar-refractivity contribution in [2.45, 2.75) is 57.0 Å². The number of ether oxygens (including phenoxy) is 1. The molecule has 202 valence electrons. The summed E-state index contributed by atoms with van der Waals surface area (Å²) in [5, 5.41) is 12.3. The van der Waals surface area contributed by atoms with Gasteiger partial charge in [-0.05, 0) is 63.0 Å². The van der Waals surface area contributed by atoms with Gasteiger partial charge in [-0.25, -0.2) is 9.78 Å². The first-order chi connectivity index (χ1) is 18.3. The van der Waals surface area contributed by atoms with Crippen LogP contribution in [0.4, 0.5) is 17.1 Å². The number of nitrogen functional groups attached to an aromatic ring is 1. The quantitative estimate of drug-likeness (QED) is 0.200. The lowest BCUT2D eigenvalue weighted by Crippen LogP contribution is -2.37. The number of likely N-dealkylation sites (tertiary alicyclic amines) is 1. The lowest BCUT2D eigenvalue weighted by molar-refractivity contribution is -0.383. The zero-order valence-electron chi connectivity index (χ0n) is 22.4. The lowest BCUT2D eigenvalue weighted by Gasteiger charge is -2.29. The minimum Gasteiger partial charge on any atom is -0.465 e. The predicted molar refractivity (Wildman–Crippen MR) is 149 cm³/mol. The minimum absolute atomic E-state index is 0.0220. The number of hydrogen-bond acceptors (Lipinski definition) is 8. The molecule has 1 aliphatic carbocycles. The van der Waals surface area contributed by atoms with E-state index in [1.807, 2.05) is 36.5 Å². The van der Waals surface area contributed by atoms with E-state index in [-0.39, 0.29) is 16.9 Å². The van der Waals surface area contributed by atoms with Crippen LogP contribution in [0, 0.1) is 10.1 Å². The molecule has 2 heterocycles. The van der Waals surface area contributed by atoms with Crippen molar-refractivity contribution in [1.29, 1.82) is 0 Å². The zero-order chi connectivity index (χ0) is 27.0. The fraction of sp³-hybridized carbons (Fsp3) is 0.500. The maximum atomic E-state index is 12.8. The Bertz CT molecular complexity index is 1360. The largest absolute Gasteiger partial charge is 0.465 e. The van der Waals surface area contributed by atoms with Crippen LogP contribution in [0.2, 0.25) is 0 Å². The average molecular weight is 521 g/mol. The molecule has 2 fully saturated rings. The number of rotatable bonds is 7. The monoisotopic (exact) mass is 520 g/mol. The highest BCUT2D eigenvalue weighted by atomic mass is 16.6. The zero-order valence-corrected chi connectivity index (χ0v) is 22.4. The highest BCUT2D eigenvalue weighted by Gasteiger charge is 2.32. The number of fused-ring (bicyclic) bond motifs is 1.